The van der Waals surface area contributed by atoms with E-state index in [1.807, 2.05) is 42.5 Å². The molecule has 1 aromatic heterocycles. The summed E-state index contributed by atoms with van der Waals surface area (Å²) >= 11 is 0. The lowest BCUT2D eigenvalue weighted by Crippen LogP contribution is -2.38. The van der Waals surface area contributed by atoms with Crippen LogP contribution in [0.2, 0.25) is 0 Å². The second kappa shape index (κ2) is 9.45. The van der Waals surface area contributed by atoms with Crippen LogP contribution < -0.4 is 5.32 Å². The Morgan fingerprint density at radius 1 is 0.966 bits per heavy atom. The van der Waals surface area contributed by atoms with Crippen molar-refractivity contribution in [3.8, 4) is 22.9 Å². The van der Waals surface area contributed by atoms with Gasteiger partial charge in [-0.05, 0) is 43.3 Å². The highest BCUT2D eigenvalue weighted by molar-refractivity contribution is 5.95. The molecule has 0 atom stereocenters. The Morgan fingerprint density at radius 3 is 2.48 bits per heavy atom. The molecule has 1 amide bonds. The van der Waals surface area contributed by atoms with Crippen LogP contribution in [0, 0.1) is 0 Å². The Bertz CT molecular complexity index is 936. The first-order valence-electron chi connectivity index (χ1n) is 9.87. The summed E-state index contributed by atoms with van der Waals surface area (Å²) in [4.78, 5) is 14.9. The molecule has 29 heavy (non-hydrogen) atoms. The molecule has 1 saturated heterocycles. The van der Waals surface area contributed by atoms with Crippen LogP contribution in [-0.2, 0) is 4.74 Å². The van der Waals surface area contributed by atoms with E-state index in [0.717, 1.165) is 50.4 Å². The molecule has 1 aliphatic heterocycles. The number of nitrogens with one attached hydrogen (secondary N) is 1. The Kier molecular flexibility index (Phi) is 6.29. The van der Waals surface area contributed by atoms with Gasteiger partial charge in [-0.2, -0.15) is 0 Å². The Labute approximate surface area is 169 Å². The Hall–Kier alpha value is -3.03. The van der Waals surface area contributed by atoms with E-state index in [4.69, 9.17) is 9.15 Å². The minimum absolute atomic E-state index is 0.100. The molecule has 0 bridgehead atoms. The number of rotatable bonds is 7. The molecule has 2 heterocycles. The molecule has 0 unspecified atom stereocenters. The zero-order valence-corrected chi connectivity index (χ0v) is 16.2. The van der Waals surface area contributed by atoms with Crippen molar-refractivity contribution in [3.05, 3.63) is 60.2 Å². The fourth-order valence-electron chi connectivity index (χ4n) is 3.26. The minimum atomic E-state index is -0.100. The maximum atomic E-state index is 12.5. The number of ether oxygens (including phenoxy) is 1. The molecular formula is C22H24N4O3. The van der Waals surface area contributed by atoms with Crippen LogP contribution in [0.15, 0.2) is 59.0 Å². The van der Waals surface area contributed by atoms with Crippen molar-refractivity contribution < 1.29 is 13.9 Å². The molecule has 7 nitrogen and oxygen atoms in total. The van der Waals surface area contributed by atoms with Crippen molar-refractivity contribution in [2.24, 2.45) is 0 Å². The van der Waals surface area contributed by atoms with E-state index in [0.29, 0.717) is 23.9 Å². The predicted molar refractivity (Wildman–Crippen MR) is 109 cm³/mol. The van der Waals surface area contributed by atoms with Crippen LogP contribution in [0.1, 0.15) is 16.8 Å². The van der Waals surface area contributed by atoms with Crippen LogP contribution in [-0.4, -0.2) is 60.4 Å². The molecule has 0 aliphatic carbocycles. The summed E-state index contributed by atoms with van der Waals surface area (Å²) < 4.78 is 11.1. The number of aromatic nitrogens is 2. The van der Waals surface area contributed by atoms with Gasteiger partial charge in [0.15, 0.2) is 0 Å². The van der Waals surface area contributed by atoms with Crippen molar-refractivity contribution in [1.82, 2.24) is 20.4 Å². The molecular weight excluding hydrogens is 368 g/mol. The van der Waals surface area contributed by atoms with E-state index < -0.39 is 0 Å². The van der Waals surface area contributed by atoms with Gasteiger partial charge >= 0.3 is 0 Å². The van der Waals surface area contributed by atoms with Gasteiger partial charge in [-0.25, -0.2) is 0 Å². The number of nitrogens with zero attached hydrogens (tertiary/aromatic N) is 3. The van der Waals surface area contributed by atoms with E-state index in [-0.39, 0.29) is 5.91 Å². The molecule has 1 fully saturated rings. The number of hydrogen-bond donors (Lipinski definition) is 1. The highest BCUT2D eigenvalue weighted by Gasteiger charge is 2.13. The topological polar surface area (TPSA) is 80.5 Å². The van der Waals surface area contributed by atoms with Crippen LogP contribution in [0.3, 0.4) is 0 Å². The normalized spacial score (nSPS) is 14.6. The number of hydrogen-bond acceptors (Lipinski definition) is 6. The first kappa shape index (κ1) is 19.3. The number of carbonyl (C=O) groups excluding carboxylic acids is 1. The second-order valence-electron chi connectivity index (χ2n) is 6.92. The summed E-state index contributed by atoms with van der Waals surface area (Å²) in [6.07, 6.45) is 0.912. The summed E-state index contributed by atoms with van der Waals surface area (Å²) in [7, 11) is 0. The number of carbonyl (C=O) groups is 1. The fraction of sp³-hybridized carbons (Fsp3) is 0.318. The smallest absolute Gasteiger partial charge is 0.251 e. The maximum Gasteiger partial charge on any atom is 0.251 e. The maximum absolute atomic E-state index is 12.5. The molecule has 0 radical (unpaired) electrons. The van der Waals surface area contributed by atoms with Crippen molar-refractivity contribution in [1.29, 1.82) is 0 Å². The largest absolute Gasteiger partial charge is 0.416 e. The third kappa shape index (κ3) is 5.07. The predicted octanol–water partition coefficient (Wildman–Crippen LogP) is 2.86. The molecule has 1 N–H and O–H groups in total. The monoisotopic (exact) mass is 392 g/mol. The fourth-order valence-corrected chi connectivity index (χ4v) is 3.26. The van der Waals surface area contributed by atoms with Gasteiger partial charge in [-0.15, -0.1) is 10.2 Å². The molecule has 4 rings (SSSR count). The first-order chi connectivity index (χ1) is 14.3. The molecule has 7 heteroatoms. The number of benzene rings is 2. The highest BCUT2D eigenvalue weighted by Crippen LogP contribution is 2.24. The molecule has 1 aliphatic rings. The lowest BCUT2D eigenvalue weighted by Gasteiger charge is -2.26. The quantitative estimate of drug-likeness (QED) is 0.623. The SMILES string of the molecule is O=C(NCCCN1CCOCC1)c1cccc(-c2nnc(-c3ccccc3)o2)c1. The summed E-state index contributed by atoms with van der Waals surface area (Å²) in [5.41, 5.74) is 2.16. The first-order valence-corrected chi connectivity index (χ1v) is 9.87. The average Bonchev–Trinajstić information content (AvgIpc) is 3.28. The van der Waals surface area contributed by atoms with Crippen molar-refractivity contribution in [2.75, 3.05) is 39.4 Å². The van der Waals surface area contributed by atoms with Crippen molar-refractivity contribution in [3.63, 3.8) is 0 Å². The van der Waals surface area contributed by atoms with Crippen LogP contribution in [0.25, 0.3) is 22.9 Å². The molecule has 2 aromatic carbocycles. The van der Waals surface area contributed by atoms with E-state index >= 15 is 0 Å². The molecule has 150 valence electrons. The van der Waals surface area contributed by atoms with Crippen LogP contribution >= 0.6 is 0 Å². The van der Waals surface area contributed by atoms with Crippen LogP contribution in [0.5, 0.6) is 0 Å². The minimum Gasteiger partial charge on any atom is -0.416 e. The van der Waals surface area contributed by atoms with Gasteiger partial charge in [0.1, 0.15) is 0 Å². The second-order valence-corrected chi connectivity index (χ2v) is 6.92. The zero-order valence-electron chi connectivity index (χ0n) is 16.2. The van der Waals surface area contributed by atoms with Crippen molar-refractivity contribution >= 4 is 5.91 Å². The van der Waals surface area contributed by atoms with Crippen LogP contribution in [0.4, 0.5) is 0 Å². The van der Waals surface area contributed by atoms with Gasteiger partial charge in [0.2, 0.25) is 11.8 Å². The van der Waals surface area contributed by atoms with Gasteiger partial charge in [-0.3, -0.25) is 9.69 Å². The van der Waals surface area contributed by atoms with Crippen molar-refractivity contribution in [2.45, 2.75) is 6.42 Å². The van der Waals surface area contributed by atoms with Gasteiger partial charge in [0.25, 0.3) is 5.91 Å². The lowest BCUT2D eigenvalue weighted by molar-refractivity contribution is 0.0374. The number of amides is 1. The Balaban J connectivity index is 1.34. The lowest BCUT2D eigenvalue weighted by atomic mass is 10.1. The molecule has 3 aromatic rings. The average molecular weight is 392 g/mol. The zero-order chi connectivity index (χ0) is 19.9. The Morgan fingerprint density at radius 2 is 1.69 bits per heavy atom. The third-order valence-corrected chi connectivity index (χ3v) is 4.86. The summed E-state index contributed by atoms with van der Waals surface area (Å²) in [6, 6.07) is 16.9. The standard InChI is InChI=1S/C22H24N4O3/c27-20(23-10-5-11-26-12-14-28-15-13-26)18-8-4-9-19(16-18)22-25-24-21(29-22)17-6-2-1-3-7-17/h1-4,6-9,16H,5,10-15H2,(H,23,27). The van der Waals surface area contributed by atoms with E-state index in [1.54, 1.807) is 12.1 Å². The van der Waals surface area contributed by atoms with Gasteiger partial charge in [-0.1, -0.05) is 24.3 Å². The third-order valence-electron chi connectivity index (χ3n) is 4.86. The highest BCUT2D eigenvalue weighted by atomic mass is 16.5. The van der Waals surface area contributed by atoms with E-state index in [9.17, 15) is 4.79 Å². The van der Waals surface area contributed by atoms with Gasteiger partial charge < -0.3 is 14.5 Å². The van der Waals surface area contributed by atoms with E-state index in [2.05, 4.69) is 20.4 Å². The van der Waals surface area contributed by atoms with Gasteiger partial charge in [0, 0.05) is 36.3 Å². The summed E-state index contributed by atoms with van der Waals surface area (Å²) in [5.74, 6) is 0.751. The van der Waals surface area contributed by atoms with Gasteiger partial charge in [0.05, 0.1) is 13.2 Å². The molecule has 0 saturated carbocycles. The number of morpholine rings is 1. The summed E-state index contributed by atoms with van der Waals surface area (Å²) in [5, 5.41) is 11.2. The summed E-state index contributed by atoms with van der Waals surface area (Å²) in [6.45, 7) is 5.12. The molecule has 0 spiro atoms. The van der Waals surface area contributed by atoms with E-state index in [1.165, 1.54) is 0 Å².